The first-order chi connectivity index (χ1) is 15.3. The van der Waals surface area contributed by atoms with Crippen LogP contribution in [0.3, 0.4) is 0 Å². The smallest absolute Gasteiger partial charge is 0.245 e. The molecule has 2 fully saturated rings. The second kappa shape index (κ2) is 7.40. The molecule has 31 heavy (non-hydrogen) atoms. The third-order valence-corrected chi connectivity index (χ3v) is 6.26. The summed E-state index contributed by atoms with van der Waals surface area (Å²) in [4.78, 5) is 6.79. The highest BCUT2D eigenvalue weighted by molar-refractivity contribution is 5.97. The normalized spacial score (nSPS) is 23.2. The fourth-order valence-corrected chi connectivity index (χ4v) is 4.69. The molecule has 4 aromatic rings. The summed E-state index contributed by atoms with van der Waals surface area (Å²) in [6.45, 7) is 1.54. The van der Waals surface area contributed by atoms with E-state index in [0.29, 0.717) is 29.8 Å². The molecule has 6 rings (SSSR count). The summed E-state index contributed by atoms with van der Waals surface area (Å²) in [6.07, 6.45) is 9.28. The summed E-state index contributed by atoms with van der Waals surface area (Å²) >= 11 is 0. The number of aromatic nitrogens is 7. The molecule has 1 aromatic carbocycles. The Bertz CT molecular complexity index is 1180. The van der Waals surface area contributed by atoms with E-state index < -0.39 is 0 Å². The number of nitrogens with zero attached hydrogens (tertiary/aromatic N) is 7. The van der Waals surface area contributed by atoms with Crippen molar-refractivity contribution in [1.82, 2.24) is 40.5 Å². The van der Waals surface area contributed by atoms with Gasteiger partial charge >= 0.3 is 0 Å². The number of H-pyrrole nitrogens is 1. The van der Waals surface area contributed by atoms with Crippen molar-refractivity contribution < 1.29 is 4.74 Å². The van der Waals surface area contributed by atoms with Gasteiger partial charge in [0.25, 0.3) is 0 Å². The monoisotopic (exact) mass is 417 g/mol. The van der Waals surface area contributed by atoms with E-state index in [9.17, 15) is 0 Å². The highest BCUT2D eigenvalue weighted by atomic mass is 16.5. The zero-order valence-electron chi connectivity index (χ0n) is 17.1. The Labute approximate surface area is 178 Å². The zero-order valence-corrected chi connectivity index (χ0v) is 17.1. The van der Waals surface area contributed by atoms with Gasteiger partial charge in [-0.1, -0.05) is 0 Å². The van der Waals surface area contributed by atoms with Crippen LogP contribution in [0.2, 0.25) is 0 Å². The quantitative estimate of drug-likeness (QED) is 0.515. The number of piperidine rings is 1. The van der Waals surface area contributed by atoms with Crippen molar-refractivity contribution in [3.05, 3.63) is 43.0 Å². The Morgan fingerprint density at radius 2 is 2.00 bits per heavy atom. The molecule has 2 aliphatic rings. The first-order valence-corrected chi connectivity index (χ1v) is 10.5. The molecule has 0 spiro atoms. The molecule has 2 atom stereocenters. The number of hydrogen-bond acceptors (Lipinski definition) is 8. The zero-order chi connectivity index (χ0) is 20.8. The predicted octanol–water partition coefficient (Wildman–Crippen LogP) is 1.56. The molecule has 10 nitrogen and oxygen atoms in total. The SMILES string of the molecule is CN(c1ncc(-c2ccc(-n3cccn3)c3[nH]ncc23)nn1)C1CC2COCC(C1)N2. The topological polar surface area (TPSA) is 110 Å². The Morgan fingerprint density at radius 3 is 2.74 bits per heavy atom. The molecular weight excluding hydrogens is 394 g/mol. The molecule has 158 valence electrons. The maximum absolute atomic E-state index is 5.66. The standard InChI is InChI=1S/C21H23N9O/c1-29(15-7-13-11-31-12-14(8-15)25-13)21-22-10-18(26-28-21)16-3-4-19(30-6-2-5-24-30)20-17(16)9-23-27-20/h2-6,9-10,13-15,25H,7-8,11-12H2,1H3,(H,23,27). The van der Waals surface area contributed by atoms with Crippen LogP contribution in [-0.2, 0) is 4.74 Å². The van der Waals surface area contributed by atoms with E-state index in [-0.39, 0.29) is 0 Å². The summed E-state index contributed by atoms with van der Waals surface area (Å²) in [5.74, 6) is 0.645. The van der Waals surface area contributed by atoms with E-state index in [2.05, 4.69) is 47.7 Å². The maximum Gasteiger partial charge on any atom is 0.245 e. The Balaban J connectivity index is 1.28. The van der Waals surface area contributed by atoms with Gasteiger partial charge in [-0.15, -0.1) is 10.2 Å². The fraction of sp³-hybridized carbons (Fsp3) is 0.381. The lowest BCUT2D eigenvalue weighted by molar-refractivity contribution is 0.0182. The molecule has 0 amide bonds. The van der Waals surface area contributed by atoms with E-state index in [1.165, 1.54) is 0 Å². The second-order valence-electron chi connectivity index (χ2n) is 8.22. The molecular formula is C21H23N9O. The Hall–Kier alpha value is -3.37. The molecule has 2 aliphatic heterocycles. The lowest BCUT2D eigenvalue weighted by Crippen LogP contribution is -2.58. The lowest BCUT2D eigenvalue weighted by atomic mass is 9.92. The number of fused-ring (bicyclic) bond motifs is 3. The summed E-state index contributed by atoms with van der Waals surface area (Å²) in [5, 5.41) is 25.2. The van der Waals surface area contributed by atoms with Gasteiger partial charge in [0.15, 0.2) is 0 Å². The summed E-state index contributed by atoms with van der Waals surface area (Å²) < 4.78 is 7.47. The summed E-state index contributed by atoms with van der Waals surface area (Å²) in [5.41, 5.74) is 3.47. The molecule has 0 saturated carbocycles. The van der Waals surface area contributed by atoms with Gasteiger partial charge in [-0.2, -0.15) is 10.2 Å². The Kier molecular flexibility index (Phi) is 4.39. The average Bonchev–Trinajstić information content (AvgIpc) is 3.50. The van der Waals surface area contributed by atoms with Crippen LogP contribution in [0.1, 0.15) is 12.8 Å². The van der Waals surface area contributed by atoms with E-state index in [0.717, 1.165) is 48.2 Å². The van der Waals surface area contributed by atoms with Gasteiger partial charge in [0.1, 0.15) is 5.69 Å². The van der Waals surface area contributed by atoms with Gasteiger partial charge < -0.3 is 15.0 Å². The first kappa shape index (κ1) is 18.4. The van der Waals surface area contributed by atoms with Crippen LogP contribution in [0, 0.1) is 0 Å². The third kappa shape index (κ3) is 3.24. The van der Waals surface area contributed by atoms with Crippen LogP contribution in [-0.4, -0.2) is 73.5 Å². The predicted molar refractivity (Wildman–Crippen MR) is 115 cm³/mol. The number of hydrogen-bond donors (Lipinski definition) is 2. The van der Waals surface area contributed by atoms with Crippen molar-refractivity contribution in [2.24, 2.45) is 0 Å². The molecule has 10 heteroatoms. The van der Waals surface area contributed by atoms with Crippen LogP contribution in [0.25, 0.3) is 27.8 Å². The van der Waals surface area contributed by atoms with E-state index in [1.54, 1.807) is 18.6 Å². The van der Waals surface area contributed by atoms with Gasteiger partial charge in [0.2, 0.25) is 5.95 Å². The van der Waals surface area contributed by atoms with Crippen molar-refractivity contribution >= 4 is 16.9 Å². The van der Waals surface area contributed by atoms with Crippen molar-refractivity contribution in [3.63, 3.8) is 0 Å². The van der Waals surface area contributed by atoms with Gasteiger partial charge in [0, 0.05) is 48.5 Å². The molecule has 2 saturated heterocycles. The largest absolute Gasteiger partial charge is 0.378 e. The van der Waals surface area contributed by atoms with Gasteiger partial charge in [0.05, 0.1) is 36.8 Å². The van der Waals surface area contributed by atoms with Crippen LogP contribution < -0.4 is 10.2 Å². The first-order valence-electron chi connectivity index (χ1n) is 10.5. The molecule has 5 heterocycles. The summed E-state index contributed by atoms with van der Waals surface area (Å²) in [6, 6.07) is 7.08. The highest BCUT2D eigenvalue weighted by Crippen LogP contribution is 2.30. The third-order valence-electron chi connectivity index (χ3n) is 6.26. The molecule has 0 radical (unpaired) electrons. The van der Waals surface area contributed by atoms with Crippen LogP contribution in [0.5, 0.6) is 0 Å². The van der Waals surface area contributed by atoms with Crippen molar-refractivity contribution in [2.45, 2.75) is 31.0 Å². The molecule has 2 unspecified atom stereocenters. The number of rotatable bonds is 4. The van der Waals surface area contributed by atoms with Gasteiger partial charge in [-0.25, -0.2) is 9.67 Å². The van der Waals surface area contributed by atoms with Crippen molar-refractivity contribution in [3.8, 4) is 16.9 Å². The minimum atomic E-state index is 0.377. The van der Waals surface area contributed by atoms with Gasteiger partial charge in [-0.3, -0.25) is 5.10 Å². The van der Waals surface area contributed by atoms with Crippen molar-refractivity contribution in [2.75, 3.05) is 25.2 Å². The Morgan fingerprint density at radius 1 is 1.13 bits per heavy atom. The fourth-order valence-electron chi connectivity index (χ4n) is 4.69. The van der Waals surface area contributed by atoms with Crippen LogP contribution in [0.4, 0.5) is 5.95 Å². The number of aromatic amines is 1. The summed E-state index contributed by atoms with van der Waals surface area (Å²) in [7, 11) is 2.05. The molecule has 0 aliphatic carbocycles. The molecule has 3 aromatic heterocycles. The minimum absolute atomic E-state index is 0.377. The molecule has 2 N–H and O–H groups in total. The van der Waals surface area contributed by atoms with Crippen LogP contribution >= 0.6 is 0 Å². The maximum atomic E-state index is 5.66. The number of morpholine rings is 1. The number of anilines is 1. The number of nitrogens with one attached hydrogen (secondary N) is 2. The lowest BCUT2D eigenvalue weighted by Gasteiger charge is -2.43. The van der Waals surface area contributed by atoms with E-state index >= 15 is 0 Å². The van der Waals surface area contributed by atoms with Gasteiger partial charge in [-0.05, 0) is 31.0 Å². The highest BCUT2D eigenvalue weighted by Gasteiger charge is 2.34. The van der Waals surface area contributed by atoms with Crippen molar-refractivity contribution in [1.29, 1.82) is 0 Å². The minimum Gasteiger partial charge on any atom is -0.378 e. The van der Waals surface area contributed by atoms with E-state index in [1.807, 2.05) is 29.1 Å². The van der Waals surface area contributed by atoms with E-state index in [4.69, 9.17) is 4.74 Å². The number of benzene rings is 1. The van der Waals surface area contributed by atoms with Crippen LogP contribution in [0.15, 0.2) is 43.0 Å². The molecule has 2 bridgehead atoms. The average molecular weight is 417 g/mol. The number of ether oxygens (including phenoxy) is 1. The second-order valence-corrected chi connectivity index (χ2v) is 8.22.